The summed E-state index contributed by atoms with van der Waals surface area (Å²) < 4.78 is 5.65. The summed E-state index contributed by atoms with van der Waals surface area (Å²) in [6.07, 6.45) is 1.20. The molecule has 32 heavy (non-hydrogen) atoms. The standard InChI is InChI=1S/C24H22N4O4/c1-14-15(2)32-21(25-14)17-7-5-8-18(12-17)26-20(29)13-28-22(30)24(27-23(28)31)11-10-16-6-3-4-9-19(16)24/h3-9,12H,10-11,13H2,1-2H3,(H,26,29)(H,27,31). The Morgan fingerprint density at radius 2 is 2.00 bits per heavy atom. The first-order valence-electron chi connectivity index (χ1n) is 10.4. The number of aromatic nitrogens is 1. The van der Waals surface area contributed by atoms with E-state index in [-0.39, 0.29) is 12.5 Å². The van der Waals surface area contributed by atoms with Crippen molar-refractivity contribution in [2.75, 3.05) is 11.9 Å². The van der Waals surface area contributed by atoms with E-state index in [1.165, 1.54) is 0 Å². The van der Waals surface area contributed by atoms with Crippen molar-refractivity contribution in [3.63, 3.8) is 0 Å². The van der Waals surface area contributed by atoms with Gasteiger partial charge in [-0.25, -0.2) is 9.78 Å². The lowest BCUT2D eigenvalue weighted by molar-refractivity contribution is -0.134. The molecule has 1 atom stereocenters. The molecule has 4 amide bonds. The number of carbonyl (C=O) groups excluding carboxylic acids is 3. The van der Waals surface area contributed by atoms with E-state index in [1.807, 2.05) is 44.2 Å². The molecule has 1 unspecified atom stereocenters. The van der Waals surface area contributed by atoms with Crippen LogP contribution in [0.15, 0.2) is 52.9 Å². The van der Waals surface area contributed by atoms with Crippen LogP contribution in [-0.2, 0) is 21.5 Å². The Balaban J connectivity index is 1.31. The molecule has 1 spiro atoms. The van der Waals surface area contributed by atoms with Crippen molar-refractivity contribution in [2.45, 2.75) is 32.2 Å². The van der Waals surface area contributed by atoms with Gasteiger partial charge in [-0.15, -0.1) is 0 Å². The topological polar surface area (TPSA) is 105 Å². The summed E-state index contributed by atoms with van der Waals surface area (Å²) in [5, 5.41) is 5.59. The first kappa shape index (κ1) is 20.0. The minimum absolute atomic E-state index is 0.365. The molecule has 3 aromatic rings. The summed E-state index contributed by atoms with van der Waals surface area (Å²) in [7, 11) is 0. The number of fused-ring (bicyclic) bond motifs is 2. The van der Waals surface area contributed by atoms with Crippen molar-refractivity contribution in [3.05, 3.63) is 71.1 Å². The molecule has 2 heterocycles. The Kier molecular flexibility index (Phi) is 4.58. The van der Waals surface area contributed by atoms with Gasteiger partial charge in [0.25, 0.3) is 5.91 Å². The molecule has 0 saturated carbocycles. The smallest absolute Gasteiger partial charge is 0.325 e. The number of nitrogens with zero attached hydrogens (tertiary/aromatic N) is 2. The zero-order valence-electron chi connectivity index (χ0n) is 17.8. The number of aryl methyl sites for hydroxylation is 3. The number of urea groups is 1. The van der Waals surface area contributed by atoms with Gasteiger partial charge in [0.05, 0.1) is 5.69 Å². The van der Waals surface area contributed by atoms with Gasteiger partial charge in [0.1, 0.15) is 17.8 Å². The second-order valence-electron chi connectivity index (χ2n) is 8.17. The van der Waals surface area contributed by atoms with Gasteiger partial charge in [0, 0.05) is 11.3 Å². The summed E-state index contributed by atoms with van der Waals surface area (Å²) in [6, 6.07) is 14.1. The lowest BCUT2D eigenvalue weighted by Gasteiger charge is -2.22. The van der Waals surface area contributed by atoms with Crippen molar-refractivity contribution in [1.29, 1.82) is 0 Å². The number of imide groups is 1. The quantitative estimate of drug-likeness (QED) is 0.618. The van der Waals surface area contributed by atoms with Gasteiger partial charge >= 0.3 is 6.03 Å². The van der Waals surface area contributed by atoms with Crippen LogP contribution in [0.3, 0.4) is 0 Å². The third-order valence-electron chi connectivity index (χ3n) is 6.15. The Labute approximate surface area is 184 Å². The number of carbonyl (C=O) groups is 3. The number of benzene rings is 2. The number of hydrogen-bond donors (Lipinski definition) is 2. The molecule has 2 aromatic carbocycles. The van der Waals surface area contributed by atoms with E-state index < -0.39 is 17.5 Å². The molecule has 162 valence electrons. The molecule has 1 fully saturated rings. The highest BCUT2D eigenvalue weighted by Gasteiger charge is 2.55. The number of oxazole rings is 1. The van der Waals surface area contributed by atoms with E-state index >= 15 is 0 Å². The number of nitrogens with one attached hydrogen (secondary N) is 2. The molecular formula is C24H22N4O4. The van der Waals surface area contributed by atoms with E-state index in [2.05, 4.69) is 15.6 Å². The fraction of sp³-hybridized carbons (Fsp3) is 0.250. The SMILES string of the molecule is Cc1nc(-c2cccc(NC(=O)CN3C(=O)NC4(CCc5ccccc54)C3=O)c2)oc1C. The third-order valence-corrected chi connectivity index (χ3v) is 6.15. The predicted octanol–water partition coefficient (Wildman–Crippen LogP) is 3.29. The number of hydrogen-bond acceptors (Lipinski definition) is 5. The molecule has 1 aliphatic heterocycles. The molecule has 2 aliphatic rings. The fourth-order valence-electron chi connectivity index (χ4n) is 4.40. The van der Waals surface area contributed by atoms with E-state index in [1.54, 1.807) is 18.2 Å². The van der Waals surface area contributed by atoms with Crippen molar-refractivity contribution >= 4 is 23.5 Å². The van der Waals surface area contributed by atoms with Crippen LogP contribution in [0, 0.1) is 13.8 Å². The van der Waals surface area contributed by atoms with Gasteiger partial charge < -0.3 is 15.1 Å². The monoisotopic (exact) mass is 430 g/mol. The fourth-order valence-corrected chi connectivity index (χ4v) is 4.40. The average Bonchev–Trinajstić information content (AvgIpc) is 3.39. The van der Waals surface area contributed by atoms with Crippen molar-refractivity contribution < 1.29 is 18.8 Å². The van der Waals surface area contributed by atoms with Crippen LogP contribution in [0.25, 0.3) is 11.5 Å². The zero-order valence-corrected chi connectivity index (χ0v) is 17.8. The third kappa shape index (κ3) is 3.15. The lowest BCUT2D eigenvalue weighted by atomic mass is 9.92. The molecule has 1 aromatic heterocycles. The summed E-state index contributed by atoms with van der Waals surface area (Å²) >= 11 is 0. The van der Waals surface area contributed by atoms with E-state index in [0.717, 1.165) is 33.0 Å². The molecule has 1 aliphatic carbocycles. The first-order valence-corrected chi connectivity index (χ1v) is 10.4. The maximum absolute atomic E-state index is 13.2. The second kappa shape index (κ2) is 7.33. The molecule has 1 saturated heterocycles. The van der Waals surface area contributed by atoms with Crippen LogP contribution in [0.4, 0.5) is 10.5 Å². The van der Waals surface area contributed by atoms with E-state index in [9.17, 15) is 14.4 Å². The Morgan fingerprint density at radius 1 is 1.19 bits per heavy atom. The maximum Gasteiger partial charge on any atom is 0.325 e. The lowest BCUT2D eigenvalue weighted by Crippen LogP contribution is -2.42. The Hall–Kier alpha value is -3.94. The molecule has 0 radical (unpaired) electrons. The van der Waals surface area contributed by atoms with E-state index in [0.29, 0.717) is 24.4 Å². The van der Waals surface area contributed by atoms with Gasteiger partial charge in [-0.05, 0) is 56.0 Å². The van der Waals surface area contributed by atoms with Crippen LogP contribution in [0.5, 0.6) is 0 Å². The molecule has 2 N–H and O–H groups in total. The Morgan fingerprint density at radius 3 is 2.78 bits per heavy atom. The molecule has 8 heteroatoms. The van der Waals surface area contributed by atoms with Gasteiger partial charge in [0.15, 0.2) is 0 Å². The number of amides is 4. The van der Waals surface area contributed by atoms with Crippen LogP contribution < -0.4 is 10.6 Å². The van der Waals surface area contributed by atoms with Gasteiger partial charge in [-0.1, -0.05) is 30.3 Å². The van der Waals surface area contributed by atoms with Crippen molar-refractivity contribution in [1.82, 2.24) is 15.2 Å². The highest BCUT2D eigenvalue weighted by atomic mass is 16.4. The highest BCUT2D eigenvalue weighted by Crippen LogP contribution is 2.41. The maximum atomic E-state index is 13.2. The van der Waals surface area contributed by atoms with Crippen molar-refractivity contribution in [2.24, 2.45) is 0 Å². The second-order valence-corrected chi connectivity index (χ2v) is 8.17. The average molecular weight is 430 g/mol. The summed E-state index contributed by atoms with van der Waals surface area (Å²) in [5.41, 5.74) is 2.82. The van der Waals surface area contributed by atoms with Crippen LogP contribution >= 0.6 is 0 Å². The highest BCUT2D eigenvalue weighted by molar-refractivity contribution is 6.11. The van der Waals surface area contributed by atoms with Crippen LogP contribution in [-0.4, -0.2) is 34.3 Å². The summed E-state index contributed by atoms with van der Waals surface area (Å²) in [6.45, 7) is 3.34. The minimum Gasteiger partial charge on any atom is -0.441 e. The summed E-state index contributed by atoms with van der Waals surface area (Å²) in [4.78, 5) is 43.9. The van der Waals surface area contributed by atoms with Crippen molar-refractivity contribution in [3.8, 4) is 11.5 Å². The Bertz CT molecular complexity index is 1240. The molecule has 5 rings (SSSR count). The summed E-state index contributed by atoms with van der Waals surface area (Å²) in [5.74, 6) is 0.346. The zero-order chi connectivity index (χ0) is 22.5. The first-order chi connectivity index (χ1) is 15.4. The largest absolute Gasteiger partial charge is 0.441 e. The number of rotatable bonds is 4. The van der Waals surface area contributed by atoms with E-state index in [4.69, 9.17) is 4.42 Å². The van der Waals surface area contributed by atoms with Gasteiger partial charge in [-0.2, -0.15) is 0 Å². The normalized spacial score (nSPS) is 19.4. The van der Waals surface area contributed by atoms with Crippen LogP contribution in [0.1, 0.15) is 29.0 Å². The van der Waals surface area contributed by atoms with Gasteiger partial charge in [0.2, 0.25) is 11.8 Å². The molecule has 8 nitrogen and oxygen atoms in total. The van der Waals surface area contributed by atoms with Gasteiger partial charge in [-0.3, -0.25) is 14.5 Å². The number of anilines is 1. The van der Waals surface area contributed by atoms with Crippen LogP contribution in [0.2, 0.25) is 0 Å². The predicted molar refractivity (Wildman–Crippen MR) is 117 cm³/mol. The molecule has 0 bridgehead atoms. The minimum atomic E-state index is -1.07. The molecular weight excluding hydrogens is 408 g/mol.